The molecule has 0 saturated heterocycles. The fourth-order valence-corrected chi connectivity index (χ4v) is 2.98. The van der Waals surface area contributed by atoms with Gasteiger partial charge in [0.2, 0.25) is 0 Å². The molecule has 7 heteroatoms. The molecule has 7 nitrogen and oxygen atoms in total. The minimum Gasteiger partial charge on any atom is -0.379 e. The molecule has 0 aromatic heterocycles. The van der Waals surface area contributed by atoms with Crippen LogP contribution in [-0.2, 0) is 28.6 Å². The first-order valence-corrected chi connectivity index (χ1v) is 13.7. The van der Waals surface area contributed by atoms with E-state index in [1.807, 2.05) is 55.4 Å². The van der Waals surface area contributed by atoms with Crippen molar-refractivity contribution < 1.29 is 28.6 Å². The maximum absolute atomic E-state index is 12.2. The predicted octanol–water partition coefficient (Wildman–Crippen LogP) is 5.82. The van der Waals surface area contributed by atoms with Gasteiger partial charge in [-0.05, 0) is 27.2 Å². The van der Waals surface area contributed by atoms with E-state index >= 15 is 0 Å². The van der Waals surface area contributed by atoms with Crippen molar-refractivity contribution in [2.75, 3.05) is 39.6 Å². The second-order valence-electron chi connectivity index (χ2n) is 11.2. The summed E-state index contributed by atoms with van der Waals surface area (Å²) in [6, 6.07) is 0. The highest BCUT2D eigenvalue weighted by Crippen LogP contribution is 2.18. The van der Waals surface area contributed by atoms with Gasteiger partial charge in [0.25, 0.3) is 0 Å². The van der Waals surface area contributed by atoms with Crippen LogP contribution < -0.4 is 5.32 Å². The zero-order chi connectivity index (χ0) is 28.8. The fraction of sp³-hybridized carbons (Fsp3) is 0.897. The third kappa shape index (κ3) is 23.3. The number of aldehydes is 1. The van der Waals surface area contributed by atoms with Gasteiger partial charge in [-0.3, -0.25) is 9.59 Å². The van der Waals surface area contributed by atoms with E-state index in [0.29, 0.717) is 58.9 Å². The Kier molecular flexibility index (Phi) is 23.9. The van der Waals surface area contributed by atoms with Crippen molar-refractivity contribution in [1.29, 1.82) is 0 Å². The van der Waals surface area contributed by atoms with E-state index in [9.17, 15) is 14.4 Å². The largest absolute Gasteiger partial charge is 0.379 e. The molecule has 0 rings (SSSR count). The highest BCUT2D eigenvalue weighted by molar-refractivity contribution is 5.83. The zero-order valence-corrected chi connectivity index (χ0v) is 25.7. The van der Waals surface area contributed by atoms with Crippen LogP contribution in [0.1, 0.15) is 109 Å². The van der Waals surface area contributed by atoms with Crippen LogP contribution in [0.15, 0.2) is 0 Å². The lowest BCUT2D eigenvalue weighted by Crippen LogP contribution is -2.62. The summed E-state index contributed by atoms with van der Waals surface area (Å²) in [7, 11) is 0. The van der Waals surface area contributed by atoms with E-state index in [1.54, 1.807) is 0 Å². The van der Waals surface area contributed by atoms with Crippen molar-refractivity contribution in [2.24, 2.45) is 11.3 Å². The maximum Gasteiger partial charge on any atom is 0.140 e. The summed E-state index contributed by atoms with van der Waals surface area (Å²) >= 11 is 0. The Morgan fingerprint density at radius 2 is 1.22 bits per heavy atom. The van der Waals surface area contributed by atoms with Crippen molar-refractivity contribution in [3.8, 4) is 0 Å². The van der Waals surface area contributed by atoms with Gasteiger partial charge in [0.15, 0.2) is 0 Å². The number of Topliss-reactive ketones (excluding diaryl/α,β-unsaturated/α-hetero) is 2. The summed E-state index contributed by atoms with van der Waals surface area (Å²) in [5, 5.41) is 3.61. The summed E-state index contributed by atoms with van der Waals surface area (Å²) in [6.45, 7) is 26.3. The summed E-state index contributed by atoms with van der Waals surface area (Å²) in [4.78, 5) is 33.2. The maximum atomic E-state index is 12.2. The Morgan fingerprint density at radius 1 is 0.806 bits per heavy atom. The minimum atomic E-state index is -0.556. The molecule has 0 saturated carbocycles. The van der Waals surface area contributed by atoms with Crippen molar-refractivity contribution in [3.05, 3.63) is 0 Å². The van der Waals surface area contributed by atoms with E-state index in [4.69, 9.17) is 14.2 Å². The van der Waals surface area contributed by atoms with Gasteiger partial charge in [0.1, 0.15) is 17.9 Å². The molecule has 0 aliphatic rings. The molecule has 0 bridgehead atoms. The van der Waals surface area contributed by atoms with Crippen LogP contribution in [-0.4, -0.2) is 68.6 Å². The van der Waals surface area contributed by atoms with Gasteiger partial charge in [-0.25, -0.2) is 0 Å². The predicted molar refractivity (Wildman–Crippen MR) is 150 cm³/mol. The molecular weight excluding hydrogens is 458 g/mol. The highest BCUT2D eigenvalue weighted by atomic mass is 16.5. The number of carbonyl (C=O) groups excluding carboxylic acids is 3. The minimum absolute atomic E-state index is 0.0163. The molecule has 216 valence electrons. The van der Waals surface area contributed by atoms with Gasteiger partial charge >= 0.3 is 0 Å². The lowest BCUT2D eigenvalue weighted by molar-refractivity contribution is -0.128. The first kappa shape index (κ1) is 39.4. The molecule has 1 unspecified atom stereocenters. The molecule has 0 aliphatic carbocycles. The van der Waals surface area contributed by atoms with Gasteiger partial charge in [-0.15, -0.1) is 0 Å². The van der Waals surface area contributed by atoms with E-state index < -0.39 is 5.54 Å². The lowest BCUT2D eigenvalue weighted by atomic mass is 9.89. The standard InChI is InChI=1S/C24H47NO5.C3H6O.C2H6/c1-10-13-28-16-24(25-23(7,8)9,17-29-14-11-20(26)19(2)3)18-30-15-12-21(27)22(4,5)6;1-2-3-4;1-2/h19,25H,10-18H2,1-9H3;3H,2H2,1H3;1-2H3. The molecule has 0 spiro atoms. The van der Waals surface area contributed by atoms with Crippen LogP contribution in [0.25, 0.3) is 0 Å². The summed E-state index contributed by atoms with van der Waals surface area (Å²) in [5.41, 5.74) is -1.10. The second kappa shape index (κ2) is 21.9. The van der Waals surface area contributed by atoms with Crippen LogP contribution in [0.5, 0.6) is 0 Å². The van der Waals surface area contributed by atoms with E-state index in [1.165, 1.54) is 0 Å². The number of ketones is 2. The third-order valence-corrected chi connectivity index (χ3v) is 4.74. The van der Waals surface area contributed by atoms with Crippen molar-refractivity contribution in [1.82, 2.24) is 5.32 Å². The number of ether oxygens (including phenoxy) is 3. The molecule has 0 heterocycles. The Balaban J connectivity index is -0.00000164. The van der Waals surface area contributed by atoms with Gasteiger partial charge in [0, 0.05) is 42.7 Å². The topological polar surface area (TPSA) is 90.9 Å². The average molecular weight is 518 g/mol. The van der Waals surface area contributed by atoms with Crippen molar-refractivity contribution in [3.63, 3.8) is 0 Å². The summed E-state index contributed by atoms with van der Waals surface area (Å²) in [5.74, 6) is 0.397. The number of hydrogen-bond acceptors (Lipinski definition) is 7. The van der Waals surface area contributed by atoms with Crippen molar-refractivity contribution >= 4 is 17.9 Å². The highest BCUT2D eigenvalue weighted by Gasteiger charge is 2.35. The molecule has 0 aromatic carbocycles. The Bertz CT molecular complexity index is 563. The molecule has 1 N–H and O–H groups in total. The van der Waals surface area contributed by atoms with E-state index in [-0.39, 0.29) is 28.4 Å². The van der Waals surface area contributed by atoms with Gasteiger partial charge < -0.3 is 24.3 Å². The molecule has 0 radical (unpaired) electrons. The molecule has 0 aliphatic heterocycles. The SMILES string of the molecule is CC.CCC=O.CCCOCC(COCCC(=O)C(C)C)(COCCC(=O)C(C)(C)C)NC(C)(C)C. The Morgan fingerprint density at radius 3 is 1.56 bits per heavy atom. The van der Waals surface area contributed by atoms with Crippen LogP contribution in [0.3, 0.4) is 0 Å². The van der Waals surface area contributed by atoms with Crippen LogP contribution in [0.4, 0.5) is 0 Å². The van der Waals surface area contributed by atoms with Crippen molar-refractivity contribution in [2.45, 2.75) is 120 Å². The number of carbonyl (C=O) groups is 3. The molecule has 0 aromatic rings. The van der Waals surface area contributed by atoms with Crippen LogP contribution in [0, 0.1) is 11.3 Å². The smallest absolute Gasteiger partial charge is 0.140 e. The average Bonchev–Trinajstić information content (AvgIpc) is 2.79. The molecule has 1 atom stereocenters. The summed E-state index contributed by atoms with van der Waals surface area (Å²) < 4.78 is 17.8. The van der Waals surface area contributed by atoms with Gasteiger partial charge in [0.05, 0.1) is 38.6 Å². The molecular formula is C29H59NO6. The normalized spacial score (nSPS) is 13.1. The number of hydrogen-bond donors (Lipinski definition) is 1. The molecule has 0 fully saturated rings. The quantitative estimate of drug-likeness (QED) is 0.192. The zero-order valence-electron chi connectivity index (χ0n) is 25.7. The second-order valence-corrected chi connectivity index (χ2v) is 11.2. The third-order valence-electron chi connectivity index (χ3n) is 4.74. The first-order chi connectivity index (χ1) is 16.6. The fourth-order valence-electron chi connectivity index (χ4n) is 2.98. The Hall–Kier alpha value is -1.15. The Labute approximate surface area is 222 Å². The lowest BCUT2D eigenvalue weighted by Gasteiger charge is -2.40. The van der Waals surface area contributed by atoms with E-state index in [0.717, 1.165) is 12.7 Å². The molecule has 36 heavy (non-hydrogen) atoms. The number of nitrogens with one attached hydrogen (secondary N) is 1. The van der Waals surface area contributed by atoms with Gasteiger partial charge in [-0.1, -0.05) is 62.3 Å². The number of rotatable bonds is 17. The van der Waals surface area contributed by atoms with E-state index in [2.05, 4.69) is 33.0 Å². The van der Waals surface area contributed by atoms with Crippen LogP contribution in [0.2, 0.25) is 0 Å². The monoisotopic (exact) mass is 517 g/mol. The first-order valence-electron chi connectivity index (χ1n) is 13.7. The summed E-state index contributed by atoms with van der Waals surface area (Å²) in [6.07, 6.45) is 3.23. The van der Waals surface area contributed by atoms with Crippen LogP contribution >= 0.6 is 0 Å². The van der Waals surface area contributed by atoms with Gasteiger partial charge in [-0.2, -0.15) is 0 Å². The molecule has 0 amide bonds.